The fourth-order valence-corrected chi connectivity index (χ4v) is 6.01. The standard InChI is InChI=1S/C23H22F5N5O3S/c1-21(16-7-22(16,19(35)33(2)3)37-20(29)32-21)12-4-11(5-13(24)18(12)25)6-15(34)14-8-31-17(9-30-14)36-10-23(26,27)28/h4-5,8-9,16H,6-7,10H2,1-3H3,(H2,29,32)/t16-,21+,22-/m0/s1. The van der Waals surface area contributed by atoms with E-state index in [1.807, 2.05) is 0 Å². The second-order valence-electron chi connectivity index (χ2n) is 9.23. The van der Waals surface area contributed by atoms with Crippen LogP contribution in [0.4, 0.5) is 22.0 Å². The number of hydrogen-bond donors (Lipinski definition) is 1. The predicted molar refractivity (Wildman–Crippen MR) is 124 cm³/mol. The lowest BCUT2D eigenvalue weighted by Crippen LogP contribution is -2.43. The van der Waals surface area contributed by atoms with Crippen LogP contribution in [0, 0.1) is 17.6 Å². The van der Waals surface area contributed by atoms with E-state index in [-0.39, 0.29) is 27.9 Å². The number of alkyl halides is 3. The van der Waals surface area contributed by atoms with Gasteiger partial charge in [-0.05, 0) is 31.0 Å². The average Bonchev–Trinajstić information content (AvgIpc) is 3.55. The number of Topliss-reactive ketones (excluding diaryl/α,β-unsaturated/α-hetero) is 1. The molecule has 2 aliphatic rings. The van der Waals surface area contributed by atoms with Crippen molar-refractivity contribution in [3.8, 4) is 5.88 Å². The van der Waals surface area contributed by atoms with Gasteiger partial charge in [-0.2, -0.15) is 13.2 Å². The first kappa shape index (κ1) is 26.8. The van der Waals surface area contributed by atoms with E-state index in [1.165, 1.54) is 11.0 Å². The molecule has 2 aromatic rings. The molecule has 1 fully saturated rings. The molecule has 3 atom stereocenters. The zero-order chi connectivity index (χ0) is 27.3. The molecular weight excluding hydrogens is 521 g/mol. The number of ketones is 1. The second-order valence-corrected chi connectivity index (χ2v) is 10.6. The van der Waals surface area contributed by atoms with E-state index in [1.54, 1.807) is 21.0 Å². The van der Waals surface area contributed by atoms with Crippen LogP contribution >= 0.6 is 11.8 Å². The molecule has 1 amide bonds. The minimum absolute atomic E-state index is 0.0656. The number of fused-ring (bicyclic) bond motifs is 1. The summed E-state index contributed by atoms with van der Waals surface area (Å²) >= 11 is 1.10. The van der Waals surface area contributed by atoms with Gasteiger partial charge in [0.1, 0.15) is 10.4 Å². The smallest absolute Gasteiger partial charge is 0.422 e. The third-order valence-electron chi connectivity index (χ3n) is 6.28. The van der Waals surface area contributed by atoms with E-state index < -0.39 is 58.7 Å². The highest BCUT2D eigenvalue weighted by Gasteiger charge is 2.71. The van der Waals surface area contributed by atoms with Gasteiger partial charge in [-0.15, -0.1) is 0 Å². The van der Waals surface area contributed by atoms with Gasteiger partial charge in [0.15, 0.2) is 29.2 Å². The lowest BCUT2D eigenvalue weighted by Gasteiger charge is -2.34. The summed E-state index contributed by atoms with van der Waals surface area (Å²) in [6, 6.07) is 2.17. The summed E-state index contributed by atoms with van der Waals surface area (Å²) in [7, 11) is 3.19. The number of carbonyl (C=O) groups is 2. The van der Waals surface area contributed by atoms with Gasteiger partial charge < -0.3 is 15.4 Å². The normalized spacial score (nSPS) is 24.6. The van der Waals surface area contributed by atoms with Crippen molar-refractivity contribution >= 4 is 28.6 Å². The highest BCUT2D eigenvalue weighted by atomic mass is 32.2. The monoisotopic (exact) mass is 543 g/mol. The molecule has 1 saturated carbocycles. The largest absolute Gasteiger partial charge is 0.467 e. The SMILES string of the molecule is CN(C)C(=O)[C@]12C[C@H]1[C@@](C)(c1cc(CC(=O)c3cnc(OCC(F)(F)F)cn3)cc(F)c1F)N=C(N)S2. The Balaban J connectivity index is 1.59. The minimum atomic E-state index is -4.57. The van der Waals surface area contributed by atoms with Crippen molar-refractivity contribution in [1.29, 1.82) is 0 Å². The van der Waals surface area contributed by atoms with E-state index in [4.69, 9.17) is 5.73 Å². The van der Waals surface area contributed by atoms with Crippen molar-refractivity contribution in [2.24, 2.45) is 16.6 Å². The summed E-state index contributed by atoms with van der Waals surface area (Å²) in [5, 5.41) is 0.0656. The fraction of sp³-hybridized carbons (Fsp3) is 0.435. The lowest BCUT2D eigenvalue weighted by atomic mass is 9.84. The van der Waals surface area contributed by atoms with Crippen LogP contribution in [0.3, 0.4) is 0 Å². The fourth-order valence-electron chi connectivity index (χ4n) is 4.51. The molecule has 2 N–H and O–H groups in total. The third kappa shape index (κ3) is 5.11. The molecule has 0 saturated heterocycles. The van der Waals surface area contributed by atoms with Crippen molar-refractivity contribution in [1.82, 2.24) is 14.9 Å². The number of aliphatic imine (C=N–C) groups is 1. The summed E-state index contributed by atoms with van der Waals surface area (Å²) in [4.78, 5) is 38.8. The van der Waals surface area contributed by atoms with Crippen molar-refractivity contribution in [2.75, 3.05) is 20.7 Å². The molecule has 0 bridgehead atoms. The van der Waals surface area contributed by atoms with Crippen LogP contribution < -0.4 is 10.5 Å². The topological polar surface area (TPSA) is 111 Å². The second kappa shape index (κ2) is 9.23. The number of halogens is 5. The molecule has 37 heavy (non-hydrogen) atoms. The number of rotatable bonds is 7. The van der Waals surface area contributed by atoms with Gasteiger partial charge in [-0.1, -0.05) is 11.8 Å². The first-order valence-corrected chi connectivity index (χ1v) is 11.8. The molecule has 14 heteroatoms. The Morgan fingerprint density at radius 1 is 1.22 bits per heavy atom. The molecule has 1 aliphatic heterocycles. The Labute approximate surface area is 212 Å². The van der Waals surface area contributed by atoms with Crippen LogP contribution in [-0.2, 0) is 16.8 Å². The Morgan fingerprint density at radius 3 is 2.51 bits per heavy atom. The van der Waals surface area contributed by atoms with Crippen molar-refractivity contribution in [2.45, 2.75) is 36.2 Å². The number of ether oxygens (including phenoxy) is 1. The summed E-state index contributed by atoms with van der Waals surface area (Å²) in [6.07, 6.45) is -2.81. The molecule has 2 heterocycles. The number of benzene rings is 1. The van der Waals surface area contributed by atoms with E-state index in [9.17, 15) is 27.2 Å². The Morgan fingerprint density at radius 2 is 1.92 bits per heavy atom. The maximum absolute atomic E-state index is 15.1. The number of aromatic nitrogens is 2. The number of amides is 1. The van der Waals surface area contributed by atoms with Crippen LogP contribution in [-0.4, -0.2) is 63.4 Å². The molecule has 4 rings (SSSR count). The molecule has 0 unspecified atom stereocenters. The van der Waals surface area contributed by atoms with E-state index >= 15 is 4.39 Å². The van der Waals surface area contributed by atoms with Gasteiger partial charge in [0.2, 0.25) is 11.8 Å². The predicted octanol–water partition coefficient (Wildman–Crippen LogP) is 3.24. The number of nitrogens with two attached hydrogens (primary N) is 1. The first-order chi connectivity index (χ1) is 17.2. The number of amidine groups is 1. The Hall–Kier alpha value is -3.29. The van der Waals surface area contributed by atoms with Crippen molar-refractivity contribution in [3.63, 3.8) is 0 Å². The number of hydrogen-bond acceptors (Lipinski definition) is 8. The van der Waals surface area contributed by atoms with Crippen LogP contribution in [0.1, 0.15) is 35.0 Å². The van der Waals surface area contributed by atoms with Gasteiger partial charge in [0.05, 0.1) is 17.9 Å². The quantitative estimate of drug-likeness (QED) is 0.422. The molecule has 1 aromatic heterocycles. The van der Waals surface area contributed by atoms with Crippen LogP contribution in [0.15, 0.2) is 29.5 Å². The van der Waals surface area contributed by atoms with Crippen LogP contribution in [0.5, 0.6) is 5.88 Å². The number of thioether (sulfide) groups is 1. The van der Waals surface area contributed by atoms with Crippen molar-refractivity contribution < 1.29 is 36.3 Å². The minimum Gasteiger partial charge on any atom is -0.467 e. The van der Waals surface area contributed by atoms with Crippen LogP contribution in [0.2, 0.25) is 0 Å². The maximum Gasteiger partial charge on any atom is 0.422 e. The van der Waals surface area contributed by atoms with Gasteiger partial charge in [0, 0.05) is 32.0 Å². The zero-order valence-corrected chi connectivity index (χ0v) is 20.7. The highest BCUT2D eigenvalue weighted by Crippen LogP contribution is 2.66. The van der Waals surface area contributed by atoms with Gasteiger partial charge >= 0.3 is 6.18 Å². The first-order valence-electron chi connectivity index (χ1n) is 11.0. The van der Waals surface area contributed by atoms with Crippen molar-refractivity contribution in [3.05, 3.63) is 53.0 Å². The summed E-state index contributed by atoms with van der Waals surface area (Å²) in [5.41, 5.74) is 4.42. The highest BCUT2D eigenvalue weighted by molar-refractivity contribution is 8.15. The number of nitrogens with zero attached hydrogens (tertiary/aromatic N) is 4. The van der Waals surface area contributed by atoms with E-state index in [0.29, 0.717) is 6.42 Å². The van der Waals surface area contributed by atoms with Gasteiger partial charge in [-0.3, -0.25) is 14.6 Å². The maximum atomic E-state index is 15.1. The summed E-state index contributed by atoms with van der Waals surface area (Å²) < 4.78 is 70.1. The van der Waals surface area contributed by atoms with E-state index in [2.05, 4.69) is 19.7 Å². The average molecular weight is 544 g/mol. The van der Waals surface area contributed by atoms with E-state index in [0.717, 1.165) is 30.2 Å². The molecule has 0 spiro atoms. The molecule has 0 radical (unpaired) electrons. The van der Waals surface area contributed by atoms with Gasteiger partial charge in [0.25, 0.3) is 0 Å². The summed E-state index contributed by atoms with van der Waals surface area (Å²) in [6.45, 7) is 0.00281. The van der Waals surface area contributed by atoms with Crippen LogP contribution in [0.25, 0.3) is 0 Å². The molecule has 8 nitrogen and oxygen atoms in total. The molecular formula is C23H22F5N5O3S. The Bertz CT molecular complexity index is 1290. The Kier molecular flexibility index (Phi) is 6.67. The third-order valence-corrected chi connectivity index (χ3v) is 7.57. The van der Waals surface area contributed by atoms with Gasteiger partial charge in [-0.25, -0.2) is 18.7 Å². The summed E-state index contributed by atoms with van der Waals surface area (Å²) in [5.74, 6) is -4.10. The lowest BCUT2D eigenvalue weighted by molar-refractivity contribution is -0.154. The molecule has 1 aromatic carbocycles. The zero-order valence-electron chi connectivity index (χ0n) is 19.9. The molecule has 1 aliphatic carbocycles. The molecule has 198 valence electrons. The number of carbonyl (C=O) groups excluding carboxylic acids is 2.